The Morgan fingerprint density at radius 3 is 2.00 bits per heavy atom. The predicted molar refractivity (Wildman–Crippen MR) is 115 cm³/mol. The fraction of sp³-hybridized carbons (Fsp3) is 0.100. The van der Waals surface area contributed by atoms with Crippen LogP contribution in [0.2, 0.25) is 0 Å². The summed E-state index contributed by atoms with van der Waals surface area (Å²) in [6.07, 6.45) is 0. The average molecular weight is 465 g/mol. The first-order valence-corrected chi connectivity index (χ1v) is 10.3. The third-order valence-corrected chi connectivity index (χ3v) is 4.97. The van der Waals surface area contributed by atoms with Crippen molar-refractivity contribution >= 4 is 55.5 Å². The van der Waals surface area contributed by atoms with Gasteiger partial charge >= 0.3 is 29.6 Å². The van der Waals surface area contributed by atoms with Crippen LogP contribution >= 0.6 is 0 Å². The van der Waals surface area contributed by atoms with Crippen LogP contribution in [0.4, 0.5) is 22.7 Å². The van der Waals surface area contributed by atoms with Gasteiger partial charge in [-0.05, 0) is 53.9 Å². The van der Waals surface area contributed by atoms with Crippen LogP contribution in [0.3, 0.4) is 0 Å². The van der Waals surface area contributed by atoms with Crippen molar-refractivity contribution in [3.63, 3.8) is 0 Å². The van der Waals surface area contributed by atoms with Crippen LogP contribution < -0.4 is 40.2 Å². The van der Waals surface area contributed by atoms with E-state index in [2.05, 4.69) is 20.9 Å². The monoisotopic (exact) mass is 465 g/mol. The van der Waals surface area contributed by atoms with E-state index in [1.54, 1.807) is 12.1 Å². The molecule has 3 aromatic carbocycles. The van der Waals surface area contributed by atoms with E-state index in [9.17, 15) is 27.7 Å². The number of carbonyl (C=O) groups is 2. The first-order chi connectivity index (χ1) is 14.5. The van der Waals surface area contributed by atoms with Gasteiger partial charge in [0.05, 0.1) is 5.69 Å². The minimum Gasteiger partial charge on any atom is -0.505 e. The van der Waals surface area contributed by atoms with Gasteiger partial charge in [0, 0.05) is 30.6 Å². The van der Waals surface area contributed by atoms with Crippen LogP contribution in [0.1, 0.15) is 13.8 Å². The van der Waals surface area contributed by atoms with Gasteiger partial charge in [0.15, 0.2) is 5.75 Å². The predicted octanol–water partition coefficient (Wildman–Crippen LogP) is 1.13. The number of carbonyl (C=O) groups excluding carboxylic acids is 2. The van der Waals surface area contributed by atoms with Crippen LogP contribution in [0.15, 0.2) is 63.7 Å². The van der Waals surface area contributed by atoms with Crippen LogP contribution in [-0.2, 0) is 19.7 Å². The van der Waals surface area contributed by atoms with Gasteiger partial charge in [-0.2, -0.15) is 13.5 Å². The quantitative estimate of drug-likeness (QED) is 0.251. The summed E-state index contributed by atoms with van der Waals surface area (Å²) in [6.45, 7) is 2.68. The molecule has 0 atom stereocenters. The minimum atomic E-state index is -4.76. The summed E-state index contributed by atoms with van der Waals surface area (Å²) in [5.41, 5.74) is 0.798. The number of rotatable bonds is 5. The van der Waals surface area contributed by atoms with Gasteiger partial charge in [-0.25, -0.2) is 0 Å². The molecule has 3 rings (SSSR count). The Morgan fingerprint density at radius 1 is 0.875 bits per heavy atom. The molecule has 0 aliphatic rings. The van der Waals surface area contributed by atoms with Crippen LogP contribution in [0.25, 0.3) is 10.8 Å². The van der Waals surface area contributed by atoms with Gasteiger partial charge in [-0.1, -0.05) is 0 Å². The Bertz CT molecular complexity index is 1320. The second kappa shape index (κ2) is 10.2. The molecule has 0 unspecified atom stereocenters. The van der Waals surface area contributed by atoms with Gasteiger partial charge in [-0.3, -0.25) is 14.1 Å². The number of anilines is 2. The van der Waals surface area contributed by atoms with Crippen molar-refractivity contribution in [2.45, 2.75) is 18.7 Å². The molecule has 0 spiro atoms. The normalized spacial score (nSPS) is 11.2. The van der Waals surface area contributed by atoms with Crippen LogP contribution in [0.5, 0.6) is 5.75 Å². The number of phenols is 1. The SMILES string of the molecule is CC(=O)Nc1ccc(N=Nc2c(S(=O)(=O)O)cc3cc(NC(C)=O)ccc3c2O)cc1.[Na+]. The summed E-state index contributed by atoms with van der Waals surface area (Å²) in [7, 11) is -4.76. The van der Waals surface area contributed by atoms with Crippen molar-refractivity contribution < 1.29 is 57.2 Å². The topological polar surface area (TPSA) is 158 Å². The second-order valence-corrected chi connectivity index (χ2v) is 7.98. The van der Waals surface area contributed by atoms with Crippen LogP contribution in [-0.4, -0.2) is 29.9 Å². The van der Waals surface area contributed by atoms with Gasteiger partial charge in [-0.15, -0.1) is 5.11 Å². The first-order valence-electron chi connectivity index (χ1n) is 8.89. The molecule has 2 amide bonds. The zero-order valence-corrected chi connectivity index (χ0v) is 20.3. The molecule has 10 nitrogen and oxygen atoms in total. The summed E-state index contributed by atoms with van der Waals surface area (Å²) in [5.74, 6) is -1.07. The molecule has 12 heteroatoms. The third kappa shape index (κ3) is 6.11. The Balaban J connectivity index is 0.00000363. The summed E-state index contributed by atoms with van der Waals surface area (Å²) >= 11 is 0. The van der Waals surface area contributed by atoms with Gasteiger partial charge in [0.2, 0.25) is 11.8 Å². The van der Waals surface area contributed by atoms with Crippen molar-refractivity contribution in [3.05, 3.63) is 48.5 Å². The molecular weight excluding hydrogens is 447 g/mol. The number of aromatic hydroxyl groups is 1. The molecule has 0 radical (unpaired) electrons. The van der Waals surface area contributed by atoms with E-state index in [1.165, 1.54) is 44.2 Å². The van der Waals surface area contributed by atoms with E-state index in [0.717, 1.165) is 6.07 Å². The van der Waals surface area contributed by atoms with Gasteiger partial charge < -0.3 is 15.7 Å². The standard InChI is InChI=1S/C20H18N4O6S.Na/c1-11(25)21-14-3-5-15(6-4-14)23-24-19-18(31(28,29)30)10-13-9-16(22-12(2)26)7-8-17(13)20(19)27;/h3-10,27H,1-2H3,(H,21,25)(H,22,26)(H,28,29,30);/q;+1. The smallest absolute Gasteiger partial charge is 0.505 e. The Morgan fingerprint density at radius 2 is 1.44 bits per heavy atom. The number of nitrogens with one attached hydrogen (secondary N) is 2. The molecule has 0 bridgehead atoms. The zero-order chi connectivity index (χ0) is 22.8. The van der Waals surface area contributed by atoms with E-state index in [4.69, 9.17) is 0 Å². The van der Waals surface area contributed by atoms with Gasteiger partial charge in [0.25, 0.3) is 10.1 Å². The van der Waals surface area contributed by atoms with Crippen molar-refractivity contribution in [1.82, 2.24) is 0 Å². The number of nitrogens with zero attached hydrogens (tertiary/aromatic N) is 2. The fourth-order valence-electron chi connectivity index (χ4n) is 2.85. The molecule has 0 heterocycles. The van der Waals surface area contributed by atoms with E-state index in [0.29, 0.717) is 17.1 Å². The molecule has 0 saturated carbocycles. The fourth-order valence-corrected chi connectivity index (χ4v) is 3.51. The molecule has 0 saturated heterocycles. The summed E-state index contributed by atoms with van der Waals surface area (Å²) < 4.78 is 33.4. The maximum Gasteiger partial charge on any atom is 1.00 e. The zero-order valence-electron chi connectivity index (χ0n) is 17.4. The molecular formula is C20H18N4NaO6S+. The molecule has 0 aliphatic heterocycles. The molecule has 0 aliphatic carbocycles. The van der Waals surface area contributed by atoms with E-state index in [1.807, 2.05) is 0 Å². The van der Waals surface area contributed by atoms with Gasteiger partial charge in [0.1, 0.15) is 10.6 Å². The molecule has 0 fully saturated rings. The van der Waals surface area contributed by atoms with Crippen LogP contribution in [0, 0.1) is 0 Å². The molecule has 32 heavy (non-hydrogen) atoms. The summed E-state index contributed by atoms with van der Waals surface area (Å²) in [6, 6.07) is 11.8. The van der Waals surface area contributed by atoms with E-state index in [-0.39, 0.29) is 52.1 Å². The third-order valence-electron chi connectivity index (χ3n) is 4.10. The van der Waals surface area contributed by atoms with Crippen molar-refractivity contribution in [1.29, 1.82) is 0 Å². The molecule has 0 aromatic heterocycles. The number of amides is 2. The average Bonchev–Trinajstić information content (AvgIpc) is 2.66. The van der Waals surface area contributed by atoms with E-state index < -0.39 is 26.5 Å². The Hall–Kier alpha value is -2.83. The Kier molecular flexibility index (Phi) is 8.10. The summed E-state index contributed by atoms with van der Waals surface area (Å²) in [4.78, 5) is 21.7. The second-order valence-electron chi connectivity index (χ2n) is 6.59. The number of hydrogen-bond donors (Lipinski definition) is 4. The maximum atomic E-state index is 11.9. The molecule has 160 valence electrons. The van der Waals surface area contributed by atoms with Crippen molar-refractivity contribution in [2.24, 2.45) is 10.2 Å². The molecule has 3 aromatic rings. The van der Waals surface area contributed by atoms with Crippen molar-refractivity contribution in [2.75, 3.05) is 10.6 Å². The first kappa shape index (κ1) is 25.4. The molecule has 4 N–H and O–H groups in total. The number of benzene rings is 3. The maximum absolute atomic E-state index is 11.9. The van der Waals surface area contributed by atoms with Crippen molar-refractivity contribution in [3.8, 4) is 5.75 Å². The number of fused-ring (bicyclic) bond motifs is 1. The largest absolute Gasteiger partial charge is 1.00 e. The minimum absolute atomic E-state index is 0. The number of phenolic OH excluding ortho intramolecular Hbond substituents is 1. The number of hydrogen-bond acceptors (Lipinski definition) is 7. The Labute approximate surface area is 205 Å². The van der Waals surface area contributed by atoms with E-state index >= 15 is 0 Å². The number of azo groups is 1. The summed E-state index contributed by atoms with van der Waals surface area (Å²) in [5, 5.41) is 24.0.